The molecule has 0 unspecified atom stereocenters. The monoisotopic (exact) mass is 297 g/mol. The fourth-order valence-electron chi connectivity index (χ4n) is 2.54. The summed E-state index contributed by atoms with van der Waals surface area (Å²) in [7, 11) is -3.47. The highest BCUT2D eigenvalue weighted by atomic mass is 32.2. The molecule has 102 valence electrons. The SMILES string of the molecule is C[C@@H]1CCCCN1S(=O)(=O)c1cccc2nsnc12. The number of piperidine rings is 1. The smallest absolute Gasteiger partial charge is 0.207 e. The first-order chi connectivity index (χ1) is 9.10. The Morgan fingerprint density at radius 3 is 2.95 bits per heavy atom. The second-order valence-corrected chi connectivity index (χ2v) is 7.24. The van der Waals surface area contributed by atoms with Gasteiger partial charge in [0.15, 0.2) is 0 Å². The highest BCUT2D eigenvalue weighted by Crippen LogP contribution is 2.28. The predicted octanol–water partition coefficient (Wildman–Crippen LogP) is 2.25. The van der Waals surface area contributed by atoms with Crippen LogP contribution in [0, 0.1) is 0 Å². The molecule has 2 heterocycles. The van der Waals surface area contributed by atoms with Crippen molar-refractivity contribution in [2.45, 2.75) is 37.1 Å². The largest absolute Gasteiger partial charge is 0.245 e. The molecule has 7 heteroatoms. The highest BCUT2D eigenvalue weighted by molar-refractivity contribution is 7.89. The van der Waals surface area contributed by atoms with E-state index in [0.29, 0.717) is 17.6 Å². The number of benzene rings is 1. The van der Waals surface area contributed by atoms with E-state index in [1.165, 1.54) is 0 Å². The molecule has 0 radical (unpaired) electrons. The van der Waals surface area contributed by atoms with Crippen molar-refractivity contribution in [1.82, 2.24) is 13.1 Å². The maximum absolute atomic E-state index is 12.8. The van der Waals surface area contributed by atoms with Gasteiger partial charge in [-0.15, -0.1) is 0 Å². The summed E-state index contributed by atoms with van der Waals surface area (Å²) < 4.78 is 35.4. The van der Waals surface area contributed by atoms with Crippen molar-refractivity contribution < 1.29 is 8.42 Å². The fraction of sp³-hybridized carbons (Fsp3) is 0.500. The topological polar surface area (TPSA) is 63.2 Å². The summed E-state index contributed by atoms with van der Waals surface area (Å²) >= 11 is 1.05. The molecule has 0 spiro atoms. The molecule has 0 bridgehead atoms. The lowest BCUT2D eigenvalue weighted by molar-refractivity contribution is 0.269. The van der Waals surface area contributed by atoms with Crippen LogP contribution in [-0.4, -0.2) is 34.1 Å². The lowest BCUT2D eigenvalue weighted by Crippen LogP contribution is -2.41. The molecule has 0 amide bonds. The molecule has 2 aromatic rings. The first-order valence-corrected chi connectivity index (χ1v) is 8.51. The molecule has 3 rings (SSSR count). The van der Waals surface area contributed by atoms with E-state index in [0.717, 1.165) is 31.0 Å². The van der Waals surface area contributed by atoms with Crippen LogP contribution in [0.5, 0.6) is 0 Å². The van der Waals surface area contributed by atoms with E-state index in [1.54, 1.807) is 22.5 Å². The van der Waals surface area contributed by atoms with E-state index in [-0.39, 0.29) is 10.9 Å². The van der Waals surface area contributed by atoms with Crippen molar-refractivity contribution in [3.63, 3.8) is 0 Å². The van der Waals surface area contributed by atoms with Crippen LogP contribution in [0.3, 0.4) is 0 Å². The van der Waals surface area contributed by atoms with Gasteiger partial charge in [0.05, 0.1) is 11.7 Å². The number of hydrogen-bond acceptors (Lipinski definition) is 5. The third-order valence-corrected chi connectivity index (χ3v) is 6.17. The van der Waals surface area contributed by atoms with Crippen LogP contribution in [-0.2, 0) is 10.0 Å². The molecule has 0 aliphatic carbocycles. The Morgan fingerprint density at radius 1 is 1.32 bits per heavy atom. The number of nitrogens with zero attached hydrogens (tertiary/aromatic N) is 3. The minimum absolute atomic E-state index is 0.0561. The summed E-state index contributed by atoms with van der Waals surface area (Å²) in [6.45, 7) is 2.56. The molecular formula is C12H15N3O2S2. The first-order valence-electron chi connectivity index (χ1n) is 6.34. The summed E-state index contributed by atoms with van der Waals surface area (Å²) in [5.74, 6) is 0. The van der Waals surface area contributed by atoms with E-state index in [1.807, 2.05) is 6.92 Å². The molecule has 0 saturated carbocycles. The van der Waals surface area contributed by atoms with Crippen LogP contribution < -0.4 is 0 Å². The Labute approximate surface area is 116 Å². The molecule has 1 aliphatic heterocycles. The standard InChI is InChI=1S/C12H15N3O2S2/c1-9-5-2-3-8-15(9)19(16,17)11-7-4-6-10-12(11)14-18-13-10/h4,6-7,9H,2-3,5,8H2,1H3/t9-/m1/s1. The van der Waals surface area contributed by atoms with Gasteiger partial charge in [0.1, 0.15) is 15.9 Å². The number of fused-ring (bicyclic) bond motifs is 1. The van der Waals surface area contributed by atoms with Gasteiger partial charge in [-0.05, 0) is 31.9 Å². The Bertz CT molecular complexity index is 696. The maximum Gasteiger partial charge on any atom is 0.245 e. The second kappa shape index (κ2) is 4.81. The Kier molecular flexibility index (Phi) is 3.28. The summed E-state index contributed by atoms with van der Waals surface area (Å²) in [5, 5.41) is 0. The van der Waals surface area contributed by atoms with Gasteiger partial charge < -0.3 is 0 Å². The third-order valence-electron chi connectivity index (χ3n) is 3.58. The maximum atomic E-state index is 12.8. The minimum Gasteiger partial charge on any atom is -0.207 e. The van der Waals surface area contributed by atoms with Crippen molar-refractivity contribution in [3.05, 3.63) is 18.2 Å². The molecule has 1 fully saturated rings. The van der Waals surface area contributed by atoms with Crippen molar-refractivity contribution in [1.29, 1.82) is 0 Å². The molecule has 1 atom stereocenters. The number of rotatable bonds is 2. The number of aromatic nitrogens is 2. The molecule has 1 aromatic heterocycles. The lowest BCUT2D eigenvalue weighted by atomic mass is 10.1. The van der Waals surface area contributed by atoms with Gasteiger partial charge in [-0.2, -0.15) is 13.1 Å². The Balaban J connectivity index is 2.11. The molecular weight excluding hydrogens is 282 g/mol. The lowest BCUT2D eigenvalue weighted by Gasteiger charge is -2.32. The molecule has 19 heavy (non-hydrogen) atoms. The zero-order chi connectivity index (χ0) is 13.5. The van der Waals surface area contributed by atoms with Crippen molar-refractivity contribution >= 4 is 32.8 Å². The predicted molar refractivity (Wildman–Crippen MR) is 74.6 cm³/mol. The molecule has 0 N–H and O–H groups in total. The van der Waals surface area contributed by atoms with Crippen LogP contribution in [0.25, 0.3) is 11.0 Å². The van der Waals surface area contributed by atoms with Gasteiger partial charge in [-0.25, -0.2) is 8.42 Å². The van der Waals surface area contributed by atoms with E-state index in [9.17, 15) is 8.42 Å². The summed E-state index contributed by atoms with van der Waals surface area (Å²) in [5.41, 5.74) is 1.14. The van der Waals surface area contributed by atoms with Crippen LogP contribution in [0.15, 0.2) is 23.1 Å². The zero-order valence-electron chi connectivity index (χ0n) is 10.6. The molecule has 5 nitrogen and oxygen atoms in total. The molecule has 1 aliphatic rings. The van der Waals surface area contributed by atoms with E-state index in [2.05, 4.69) is 8.75 Å². The average molecular weight is 297 g/mol. The molecule has 1 aromatic carbocycles. The minimum atomic E-state index is -3.47. The van der Waals surface area contributed by atoms with Gasteiger partial charge in [-0.1, -0.05) is 12.5 Å². The van der Waals surface area contributed by atoms with Gasteiger partial charge in [-0.3, -0.25) is 0 Å². The molecule has 1 saturated heterocycles. The van der Waals surface area contributed by atoms with Crippen LogP contribution in [0.4, 0.5) is 0 Å². The van der Waals surface area contributed by atoms with Crippen LogP contribution in [0.1, 0.15) is 26.2 Å². The zero-order valence-corrected chi connectivity index (χ0v) is 12.2. The van der Waals surface area contributed by atoms with E-state index < -0.39 is 10.0 Å². The summed E-state index contributed by atoms with van der Waals surface area (Å²) in [4.78, 5) is 0.285. The van der Waals surface area contributed by atoms with Crippen molar-refractivity contribution in [2.75, 3.05) is 6.54 Å². The number of hydrogen-bond donors (Lipinski definition) is 0. The summed E-state index contributed by atoms with van der Waals surface area (Å²) in [6.07, 6.45) is 2.94. The van der Waals surface area contributed by atoms with Gasteiger partial charge in [0.2, 0.25) is 10.0 Å². The highest BCUT2D eigenvalue weighted by Gasteiger charge is 2.32. The van der Waals surface area contributed by atoms with Crippen LogP contribution >= 0.6 is 11.7 Å². The quantitative estimate of drug-likeness (QED) is 0.853. The van der Waals surface area contributed by atoms with Crippen molar-refractivity contribution in [2.24, 2.45) is 0 Å². The van der Waals surface area contributed by atoms with Crippen LogP contribution in [0.2, 0.25) is 0 Å². The Hall–Kier alpha value is -1.05. The van der Waals surface area contributed by atoms with Gasteiger partial charge >= 0.3 is 0 Å². The van der Waals surface area contributed by atoms with Gasteiger partial charge in [0, 0.05) is 12.6 Å². The summed E-state index contributed by atoms with van der Waals surface area (Å²) in [6, 6.07) is 5.20. The van der Waals surface area contributed by atoms with E-state index >= 15 is 0 Å². The van der Waals surface area contributed by atoms with Gasteiger partial charge in [0.25, 0.3) is 0 Å². The third kappa shape index (κ3) is 2.15. The second-order valence-electron chi connectivity index (χ2n) is 4.85. The average Bonchev–Trinajstić information content (AvgIpc) is 2.86. The first kappa shape index (κ1) is 13.0. The van der Waals surface area contributed by atoms with E-state index in [4.69, 9.17) is 0 Å². The fourth-order valence-corrected chi connectivity index (χ4v) is 5.00. The van der Waals surface area contributed by atoms with Crippen molar-refractivity contribution in [3.8, 4) is 0 Å². The normalized spacial score (nSPS) is 21.8. The Morgan fingerprint density at radius 2 is 2.16 bits per heavy atom. The number of sulfonamides is 1.